The number of methoxy groups -OCH3 is 1. The third kappa shape index (κ3) is 3.89. The first-order valence-corrected chi connectivity index (χ1v) is 13.5. The number of aromatic nitrogens is 1. The smallest absolute Gasteiger partial charge is 0.355 e. The Labute approximate surface area is 223 Å². The highest BCUT2D eigenvalue weighted by atomic mass is 16.6. The van der Waals surface area contributed by atoms with Crippen LogP contribution in [0.2, 0.25) is 0 Å². The minimum absolute atomic E-state index is 0.0575. The topological polar surface area (TPSA) is 127 Å². The van der Waals surface area contributed by atoms with Crippen LogP contribution in [-0.4, -0.2) is 76.0 Å². The van der Waals surface area contributed by atoms with Gasteiger partial charge in [-0.2, -0.15) is 0 Å². The van der Waals surface area contributed by atoms with E-state index >= 15 is 0 Å². The van der Waals surface area contributed by atoms with Crippen molar-refractivity contribution < 1.29 is 38.7 Å². The van der Waals surface area contributed by atoms with E-state index in [-0.39, 0.29) is 23.7 Å². The van der Waals surface area contributed by atoms with Crippen LogP contribution in [0.1, 0.15) is 57.9 Å². The highest BCUT2D eigenvalue weighted by molar-refractivity contribution is 5.87. The second kappa shape index (κ2) is 9.62. The highest BCUT2D eigenvalue weighted by Crippen LogP contribution is 2.60. The molecule has 9 heteroatoms. The molecule has 0 radical (unpaired) electrons. The van der Waals surface area contributed by atoms with E-state index in [9.17, 15) is 19.8 Å². The van der Waals surface area contributed by atoms with Crippen LogP contribution in [0, 0.1) is 23.7 Å². The van der Waals surface area contributed by atoms with Gasteiger partial charge in [0.15, 0.2) is 5.60 Å². The molecule has 2 bridgehead atoms. The first kappa shape index (κ1) is 27.1. The second-order valence-electron chi connectivity index (χ2n) is 11.6. The van der Waals surface area contributed by atoms with Crippen molar-refractivity contribution in [3.05, 3.63) is 47.3 Å². The Hall–Kier alpha value is -2.46. The predicted octanol–water partition coefficient (Wildman–Crippen LogP) is 2.93. The van der Waals surface area contributed by atoms with Crippen molar-refractivity contribution >= 4 is 11.9 Å². The van der Waals surface area contributed by atoms with Crippen molar-refractivity contribution in [1.82, 2.24) is 4.98 Å². The fourth-order valence-electron chi connectivity index (χ4n) is 7.28. The molecule has 1 aromatic rings. The van der Waals surface area contributed by atoms with Crippen LogP contribution >= 0.6 is 0 Å². The van der Waals surface area contributed by atoms with E-state index in [1.165, 1.54) is 7.11 Å². The van der Waals surface area contributed by atoms with Gasteiger partial charge in [0.05, 0.1) is 17.8 Å². The van der Waals surface area contributed by atoms with Crippen molar-refractivity contribution in [2.45, 2.75) is 89.2 Å². The standard InChI is InChI=1S/C29H39NO8/c1-14(17(4)31)24(36-26(33)21-8-7-11-30-21)25-19-9-10-20-13-29(35-6)22(16(3)28(20,12-19)38-25)15(2)23(18(5)32)37-27(29)34/h7-11,14-15,17-20,23-25,30-32H,12-13H2,1-6H3/t14-,15-,17+,18-,19-,20-,23+,24-,25-,28+,29-/m1/s1. The zero-order chi connectivity index (χ0) is 27.6. The van der Waals surface area contributed by atoms with Crippen molar-refractivity contribution in [2.75, 3.05) is 7.11 Å². The van der Waals surface area contributed by atoms with E-state index in [0.29, 0.717) is 18.5 Å². The largest absolute Gasteiger partial charge is 0.457 e. The average molecular weight is 530 g/mol. The third-order valence-corrected chi connectivity index (χ3v) is 9.49. The van der Waals surface area contributed by atoms with Gasteiger partial charge >= 0.3 is 11.9 Å². The van der Waals surface area contributed by atoms with E-state index in [1.54, 1.807) is 32.2 Å². The minimum Gasteiger partial charge on any atom is -0.457 e. The maximum Gasteiger partial charge on any atom is 0.355 e. The van der Waals surface area contributed by atoms with Gasteiger partial charge in [-0.1, -0.05) is 26.0 Å². The normalized spacial score (nSPS) is 39.1. The molecule has 3 N–H and O–H groups in total. The Morgan fingerprint density at radius 3 is 2.53 bits per heavy atom. The Balaban J connectivity index is 1.56. The lowest BCUT2D eigenvalue weighted by atomic mass is 9.58. The molecule has 2 aliphatic carbocycles. The molecule has 0 aromatic carbocycles. The van der Waals surface area contributed by atoms with Gasteiger partial charge in [0.2, 0.25) is 0 Å². The molecular formula is C29H39NO8. The summed E-state index contributed by atoms with van der Waals surface area (Å²) >= 11 is 0. The summed E-state index contributed by atoms with van der Waals surface area (Å²) in [7, 11) is 1.52. The molecule has 2 aliphatic heterocycles. The molecule has 11 atom stereocenters. The average Bonchev–Trinajstić information content (AvgIpc) is 3.52. The molecule has 2 fully saturated rings. The third-order valence-electron chi connectivity index (χ3n) is 9.49. The van der Waals surface area contributed by atoms with Crippen molar-refractivity contribution in [2.24, 2.45) is 23.7 Å². The first-order valence-electron chi connectivity index (χ1n) is 13.5. The number of nitrogens with one attached hydrogen (secondary N) is 1. The molecule has 1 aromatic heterocycles. The molecule has 0 unspecified atom stereocenters. The van der Waals surface area contributed by atoms with Crippen LogP contribution in [0.3, 0.4) is 0 Å². The number of carbonyl (C=O) groups is 2. The van der Waals surface area contributed by atoms with Crippen LogP contribution in [0.25, 0.3) is 0 Å². The summed E-state index contributed by atoms with van der Waals surface area (Å²) < 4.78 is 24.7. The number of hydrogen-bond acceptors (Lipinski definition) is 8. The van der Waals surface area contributed by atoms with Gasteiger partial charge in [0, 0.05) is 43.4 Å². The molecule has 3 heterocycles. The number of ether oxygens (including phenoxy) is 4. The van der Waals surface area contributed by atoms with Crippen molar-refractivity contribution in [1.29, 1.82) is 0 Å². The van der Waals surface area contributed by atoms with Gasteiger partial charge < -0.3 is 34.1 Å². The number of carbonyl (C=O) groups excluding carboxylic acids is 2. The fraction of sp³-hybridized carbons (Fsp3) is 0.655. The van der Waals surface area contributed by atoms with Crippen LogP contribution in [0.4, 0.5) is 0 Å². The molecular weight excluding hydrogens is 490 g/mol. The highest BCUT2D eigenvalue weighted by Gasteiger charge is 2.66. The molecule has 2 saturated heterocycles. The summed E-state index contributed by atoms with van der Waals surface area (Å²) in [5.41, 5.74) is 0.0555. The summed E-state index contributed by atoms with van der Waals surface area (Å²) in [6.45, 7) is 9.10. The number of rotatable bonds is 7. The number of H-pyrrole nitrogens is 1. The molecule has 0 amide bonds. The van der Waals surface area contributed by atoms with E-state index in [0.717, 1.165) is 11.1 Å². The van der Waals surface area contributed by atoms with E-state index < -0.39 is 53.7 Å². The number of fused-ring (bicyclic) bond motifs is 2. The Bertz CT molecular complexity index is 1140. The SMILES string of the molecule is CO[C@]12C[C@H]3C=C[C@@H]4C[C@]3(O[C@H]4[C@H](OC(=O)c3ccc[nH]3)[C@H](C)[C@H](C)O)C(C)=C1[C@@H](C)[C@@H]([C@@H](C)O)OC2=O. The van der Waals surface area contributed by atoms with E-state index in [1.807, 2.05) is 20.8 Å². The summed E-state index contributed by atoms with van der Waals surface area (Å²) in [6, 6.07) is 3.38. The van der Waals surface area contributed by atoms with Gasteiger partial charge in [-0.3, -0.25) is 0 Å². The van der Waals surface area contributed by atoms with Gasteiger partial charge in [0.1, 0.15) is 24.0 Å². The minimum atomic E-state index is -1.25. The van der Waals surface area contributed by atoms with Gasteiger partial charge in [-0.25, -0.2) is 9.59 Å². The van der Waals surface area contributed by atoms with Crippen LogP contribution in [-0.2, 0) is 23.7 Å². The quantitative estimate of drug-likeness (QED) is 0.364. The lowest BCUT2D eigenvalue weighted by molar-refractivity contribution is -0.198. The number of aliphatic hydroxyl groups is 2. The molecule has 38 heavy (non-hydrogen) atoms. The number of cyclic esters (lactones) is 1. The Kier molecular flexibility index (Phi) is 6.87. The molecule has 9 nitrogen and oxygen atoms in total. The zero-order valence-corrected chi connectivity index (χ0v) is 22.8. The monoisotopic (exact) mass is 529 g/mol. The maximum atomic E-state index is 13.4. The van der Waals surface area contributed by atoms with Crippen LogP contribution in [0.5, 0.6) is 0 Å². The summed E-state index contributed by atoms with van der Waals surface area (Å²) in [6.07, 6.45) is 3.36. The van der Waals surface area contributed by atoms with Gasteiger partial charge in [-0.15, -0.1) is 0 Å². The zero-order valence-electron chi connectivity index (χ0n) is 22.8. The lowest BCUT2D eigenvalue weighted by Crippen LogP contribution is -2.62. The van der Waals surface area contributed by atoms with Crippen molar-refractivity contribution in [3.63, 3.8) is 0 Å². The molecule has 4 aliphatic rings. The second-order valence-corrected chi connectivity index (χ2v) is 11.6. The fourth-order valence-corrected chi connectivity index (χ4v) is 7.28. The Morgan fingerprint density at radius 2 is 1.92 bits per heavy atom. The molecule has 0 saturated carbocycles. The van der Waals surface area contributed by atoms with Gasteiger partial charge in [-0.05, 0) is 50.5 Å². The summed E-state index contributed by atoms with van der Waals surface area (Å²) in [4.78, 5) is 29.3. The van der Waals surface area contributed by atoms with Gasteiger partial charge in [0.25, 0.3) is 0 Å². The predicted molar refractivity (Wildman–Crippen MR) is 137 cm³/mol. The maximum absolute atomic E-state index is 13.4. The number of esters is 2. The summed E-state index contributed by atoms with van der Waals surface area (Å²) in [5.74, 6) is -1.89. The number of aliphatic hydroxyl groups excluding tert-OH is 2. The summed E-state index contributed by atoms with van der Waals surface area (Å²) in [5, 5.41) is 20.9. The Morgan fingerprint density at radius 1 is 1.18 bits per heavy atom. The number of aromatic amines is 1. The molecule has 1 spiro atoms. The lowest BCUT2D eigenvalue weighted by Gasteiger charge is -2.54. The van der Waals surface area contributed by atoms with Crippen LogP contribution < -0.4 is 0 Å². The van der Waals surface area contributed by atoms with E-state index in [2.05, 4.69) is 17.1 Å². The first-order chi connectivity index (χ1) is 18.0. The van der Waals surface area contributed by atoms with Crippen LogP contribution in [0.15, 0.2) is 41.6 Å². The number of hydrogen-bond donors (Lipinski definition) is 3. The van der Waals surface area contributed by atoms with E-state index in [4.69, 9.17) is 18.9 Å². The molecule has 5 rings (SSSR count). The molecule has 208 valence electrons. The van der Waals surface area contributed by atoms with Crippen molar-refractivity contribution in [3.8, 4) is 0 Å².